The predicted octanol–water partition coefficient (Wildman–Crippen LogP) is 7.31. The molecule has 0 amide bonds. The number of hydrogen-bond acceptors (Lipinski definition) is 4. The predicted molar refractivity (Wildman–Crippen MR) is 134 cm³/mol. The van der Waals surface area contributed by atoms with E-state index in [1.165, 1.54) is 18.9 Å². The molecule has 1 atom stereocenters. The molecule has 176 valence electrons. The third-order valence-corrected chi connectivity index (χ3v) is 7.26. The molecule has 4 aromatic heterocycles. The van der Waals surface area contributed by atoms with E-state index in [1.807, 2.05) is 13.0 Å². The Balaban J connectivity index is 1.71. The van der Waals surface area contributed by atoms with Crippen molar-refractivity contribution in [1.82, 2.24) is 24.5 Å². The summed E-state index contributed by atoms with van der Waals surface area (Å²) in [5.41, 5.74) is 3.40. The first-order valence-corrected chi connectivity index (χ1v) is 12.4. The monoisotopic (exact) mass is 497 g/mol. The Morgan fingerprint density at radius 3 is 2.65 bits per heavy atom. The molecule has 0 N–H and O–H groups in total. The van der Waals surface area contributed by atoms with E-state index in [1.54, 1.807) is 30.7 Å². The van der Waals surface area contributed by atoms with Gasteiger partial charge in [-0.3, -0.25) is 9.97 Å². The standard InChI is InChI=1S/C26H26Cl2FN5/c1-15-5-7-17(8-6-15)14-34-25-21(32-26(34)16(2)23-20(29)4-3-9-31-23)11-22(28)33-24(25)18-10-19(27)13-30-12-18/h3-4,9-13,15-17H,5-8,14H2,1-2H3/t15-,16?,17-. The number of hydrogen-bond donors (Lipinski definition) is 0. The van der Waals surface area contributed by atoms with E-state index in [2.05, 4.69) is 26.4 Å². The second-order valence-electron chi connectivity index (χ2n) is 9.35. The second-order valence-corrected chi connectivity index (χ2v) is 10.2. The fraction of sp³-hybridized carbons (Fsp3) is 0.385. The van der Waals surface area contributed by atoms with Gasteiger partial charge >= 0.3 is 0 Å². The van der Waals surface area contributed by atoms with Gasteiger partial charge in [0.2, 0.25) is 0 Å². The zero-order valence-corrected chi connectivity index (χ0v) is 20.7. The minimum atomic E-state index is -0.347. The van der Waals surface area contributed by atoms with Gasteiger partial charge < -0.3 is 4.57 Å². The minimum absolute atomic E-state index is 0.335. The summed E-state index contributed by atoms with van der Waals surface area (Å²) in [6.07, 6.45) is 9.67. The lowest BCUT2D eigenvalue weighted by atomic mass is 9.83. The number of aromatic nitrogens is 5. The number of imidazole rings is 1. The lowest BCUT2D eigenvalue weighted by Crippen LogP contribution is -2.20. The highest BCUT2D eigenvalue weighted by atomic mass is 35.5. The molecule has 1 saturated carbocycles. The fourth-order valence-corrected chi connectivity index (χ4v) is 5.37. The Bertz CT molecular complexity index is 1330. The van der Waals surface area contributed by atoms with Crippen molar-refractivity contribution in [3.05, 3.63) is 70.4 Å². The van der Waals surface area contributed by atoms with Crippen molar-refractivity contribution >= 4 is 34.2 Å². The highest BCUT2D eigenvalue weighted by Gasteiger charge is 2.27. The van der Waals surface area contributed by atoms with Crippen molar-refractivity contribution < 1.29 is 4.39 Å². The van der Waals surface area contributed by atoms with Crippen LogP contribution in [0.1, 0.15) is 57.0 Å². The molecule has 1 aliphatic carbocycles. The summed E-state index contributed by atoms with van der Waals surface area (Å²) in [7, 11) is 0. The second kappa shape index (κ2) is 9.59. The van der Waals surface area contributed by atoms with Crippen LogP contribution >= 0.6 is 23.2 Å². The van der Waals surface area contributed by atoms with Crippen LogP contribution in [0.2, 0.25) is 10.2 Å². The average molecular weight is 498 g/mol. The van der Waals surface area contributed by atoms with Gasteiger partial charge in [-0.2, -0.15) is 0 Å². The van der Waals surface area contributed by atoms with Crippen LogP contribution in [0.15, 0.2) is 42.9 Å². The summed E-state index contributed by atoms with van der Waals surface area (Å²) < 4.78 is 16.9. The van der Waals surface area contributed by atoms with Gasteiger partial charge in [-0.25, -0.2) is 14.4 Å². The first-order chi connectivity index (χ1) is 16.4. The highest BCUT2D eigenvalue weighted by Crippen LogP contribution is 2.37. The number of fused-ring (bicyclic) bond motifs is 1. The van der Waals surface area contributed by atoms with E-state index in [-0.39, 0.29) is 11.7 Å². The molecule has 34 heavy (non-hydrogen) atoms. The maximum absolute atomic E-state index is 14.7. The van der Waals surface area contributed by atoms with Crippen molar-refractivity contribution in [2.75, 3.05) is 0 Å². The molecule has 4 aromatic rings. The van der Waals surface area contributed by atoms with Crippen LogP contribution < -0.4 is 0 Å². The molecule has 4 heterocycles. The summed E-state index contributed by atoms with van der Waals surface area (Å²) >= 11 is 12.7. The van der Waals surface area contributed by atoms with Crippen LogP contribution in [0, 0.1) is 17.7 Å². The Labute approximate surface area is 208 Å². The molecular weight excluding hydrogens is 472 g/mol. The van der Waals surface area contributed by atoms with Crippen LogP contribution in [-0.2, 0) is 6.54 Å². The number of nitrogens with zero attached hydrogens (tertiary/aromatic N) is 5. The van der Waals surface area contributed by atoms with E-state index >= 15 is 0 Å². The molecular formula is C26H26Cl2FN5. The topological polar surface area (TPSA) is 56.5 Å². The zero-order chi connectivity index (χ0) is 23.8. The van der Waals surface area contributed by atoms with Gasteiger partial charge in [0.05, 0.1) is 33.4 Å². The van der Waals surface area contributed by atoms with Gasteiger partial charge in [-0.1, -0.05) is 43.0 Å². The molecule has 0 bridgehead atoms. The molecule has 1 fully saturated rings. The van der Waals surface area contributed by atoms with Crippen LogP contribution in [0.25, 0.3) is 22.3 Å². The zero-order valence-electron chi connectivity index (χ0n) is 19.2. The van der Waals surface area contributed by atoms with Crippen LogP contribution in [0.4, 0.5) is 4.39 Å². The normalized spacial score (nSPS) is 19.4. The third-order valence-electron chi connectivity index (χ3n) is 6.86. The summed E-state index contributed by atoms with van der Waals surface area (Å²) in [5, 5.41) is 0.853. The fourth-order valence-electron chi connectivity index (χ4n) is 5.01. The molecule has 0 radical (unpaired) electrons. The Morgan fingerprint density at radius 1 is 1.12 bits per heavy atom. The molecule has 8 heteroatoms. The van der Waals surface area contributed by atoms with Gasteiger partial charge in [0.1, 0.15) is 16.8 Å². The molecule has 5 rings (SSSR count). The number of rotatable bonds is 5. The lowest BCUT2D eigenvalue weighted by Gasteiger charge is -2.28. The first kappa shape index (κ1) is 23.2. The maximum Gasteiger partial charge on any atom is 0.145 e. The molecule has 5 nitrogen and oxygen atoms in total. The van der Waals surface area contributed by atoms with Gasteiger partial charge in [-0.05, 0) is 49.8 Å². The SMILES string of the molecule is CC(c1ncccc1F)c1nc2cc(Cl)nc(-c3cncc(Cl)c3)c2n1C[C@H]1CC[C@H](C)CC1. The Kier molecular flexibility index (Phi) is 6.54. The summed E-state index contributed by atoms with van der Waals surface area (Å²) in [6, 6.07) is 6.64. The van der Waals surface area contributed by atoms with Gasteiger partial charge in [0, 0.05) is 36.8 Å². The van der Waals surface area contributed by atoms with Crippen LogP contribution in [-0.4, -0.2) is 24.5 Å². The molecule has 1 aliphatic rings. The summed E-state index contributed by atoms with van der Waals surface area (Å²) in [4.78, 5) is 18.2. The summed E-state index contributed by atoms with van der Waals surface area (Å²) in [6.45, 7) is 5.04. The molecule has 0 spiro atoms. The van der Waals surface area contributed by atoms with Gasteiger partial charge in [0.25, 0.3) is 0 Å². The summed E-state index contributed by atoms with van der Waals surface area (Å²) in [5.74, 6) is 1.33. The quantitative estimate of drug-likeness (QED) is 0.271. The van der Waals surface area contributed by atoms with Crippen molar-refractivity contribution in [1.29, 1.82) is 0 Å². The Hall–Kier alpha value is -2.57. The average Bonchev–Trinajstić information content (AvgIpc) is 3.17. The van der Waals surface area contributed by atoms with E-state index in [9.17, 15) is 4.39 Å². The maximum atomic E-state index is 14.7. The van der Waals surface area contributed by atoms with E-state index in [4.69, 9.17) is 28.2 Å². The van der Waals surface area contributed by atoms with Crippen molar-refractivity contribution in [2.24, 2.45) is 11.8 Å². The van der Waals surface area contributed by atoms with Crippen LogP contribution in [0.3, 0.4) is 0 Å². The minimum Gasteiger partial charge on any atom is -0.325 e. The van der Waals surface area contributed by atoms with Crippen LogP contribution in [0.5, 0.6) is 0 Å². The first-order valence-electron chi connectivity index (χ1n) is 11.7. The Morgan fingerprint density at radius 2 is 1.91 bits per heavy atom. The van der Waals surface area contributed by atoms with E-state index in [0.717, 1.165) is 47.7 Å². The molecule has 0 aromatic carbocycles. The smallest absolute Gasteiger partial charge is 0.145 e. The molecule has 0 aliphatic heterocycles. The molecule has 0 saturated heterocycles. The highest BCUT2D eigenvalue weighted by molar-refractivity contribution is 6.31. The van der Waals surface area contributed by atoms with Gasteiger partial charge in [0.15, 0.2) is 0 Å². The van der Waals surface area contributed by atoms with Crippen molar-refractivity contribution in [3.63, 3.8) is 0 Å². The van der Waals surface area contributed by atoms with E-state index < -0.39 is 0 Å². The number of halogens is 3. The lowest BCUT2D eigenvalue weighted by molar-refractivity contribution is 0.264. The van der Waals surface area contributed by atoms with Crippen molar-refractivity contribution in [3.8, 4) is 11.3 Å². The largest absolute Gasteiger partial charge is 0.325 e. The van der Waals surface area contributed by atoms with Crippen molar-refractivity contribution in [2.45, 2.75) is 52.0 Å². The number of pyridine rings is 3. The molecule has 1 unspecified atom stereocenters. The van der Waals surface area contributed by atoms with Gasteiger partial charge in [-0.15, -0.1) is 0 Å². The third kappa shape index (κ3) is 4.53. The van der Waals surface area contributed by atoms with E-state index in [0.29, 0.717) is 27.5 Å².